The molecule has 9 heteroatoms. The number of nitrogens with one attached hydrogen (secondary N) is 2. The molecule has 0 atom stereocenters. The average molecular weight is 568 g/mol. The molecule has 0 fully saturated rings. The van der Waals surface area contributed by atoms with Crippen molar-refractivity contribution in [1.82, 2.24) is 9.80 Å². The van der Waals surface area contributed by atoms with Crippen molar-refractivity contribution in [1.29, 1.82) is 0 Å². The van der Waals surface area contributed by atoms with Gasteiger partial charge in [-0.3, -0.25) is 0 Å². The van der Waals surface area contributed by atoms with E-state index in [1.807, 2.05) is 39.8 Å². The minimum absolute atomic E-state index is 0.195. The molecule has 6 nitrogen and oxygen atoms in total. The van der Waals surface area contributed by atoms with Crippen LogP contribution in [0.1, 0.15) is 64.5 Å². The van der Waals surface area contributed by atoms with Crippen molar-refractivity contribution >= 4 is 63.8 Å². The smallest absolute Gasteiger partial charge is 0.321 e. The molecular formula is C28H37Cl3N4O2. The summed E-state index contributed by atoms with van der Waals surface area (Å²) in [5, 5.41) is 6.72. The van der Waals surface area contributed by atoms with E-state index in [4.69, 9.17) is 34.8 Å². The molecule has 0 heterocycles. The Morgan fingerprint density at radius 2 is 1.05 bits per heavy atom. The number of anilines is 2. The first-order valence-electron chi connectivity index (χ1n) is 12.8. The Kier molecular flexibility index (Phi) is 13.1. The van der Waals surface area contributed by atoms with E-state index in [-0.39, 0.29) is 12.1 Å². The van der Waals surface area contributed by atoms with Crippen LogP contribution in [0.5, 0.6) is 0 Å². The summed E-state index contributed by atoms with van der Waals surface area (Å²) in [6.45, 7) is 10.8. The second kappa shape index (κ2) is 15.8. The van der Waals surface area contributed by atoms with Gasteiger partial charge in [-0.15, -0.1) is 0 Å². The van der Waals surface area contributed by atoms with Gasteiger partial charge < -0.3 is 20.4 Å². The zero-order chi connectivity index (χ0) is 27.4. The molecule has 0 bridgehead atoms. The van der Waals surface area contributed by atoms with Gasteiger partial charge in [-0.05, 0) is 61.1 Å². The number of hydrogen-bond donors (Lipinski definition) is 2. The number of benzene rings is 2. The first-order valence-corrected chi connectivity index (χ1v) is 14.0. The molecule has 0 aliphatic rings. The zero-order valence-electron chi connectivity index (χ0n) is 22.0. The summed E-state index contributed by atoms with van der Waals surface area (Å²) in [5.41, 5.74) is 4.66. The molecule has 0 radical (unpaired) electrons. The summed E-state index contributed by atoms with van der Waals surface area (Å²) >= 11 is 19.1. The van der Waals surface area contributed by atoms with Gasteiger partial charge in [-0.2, -0.15) is 0 Å². The van der Waals surface area contributed by atoms with E-state index in [0.717, 1.165) is 36.8 Å². The first kappa shape index (κ1) is 30.8. The lowest BCUT2D eigenvalue weighted by molar-refractivity contribution is 0.211. The fourth-order valence-corrected chi connectivity index (χ4v) is 4.55. The predicted molar refractivity (Wildman–Crippen MR) is 158 cm³/mol. The zero-order valence-corrected chi connectivity index (χ0v) is 24.3. The maximum absolute atomic E-state index is 12.9. The highest BCUT2D eigenvalue weighted by atomic mass is 35.5. The number of carbonyl (C=O) groups excluding carboxylic acids is 2. The Balaban J connectivity index is 2.34. The third kappa shape index (κ3) is 8.84. The van der Waals surface area contributed by atoms with Crippen molar-refractivity contribution in [3.05, 3.63) is 63.1 Å². The van der Waals surface area contributed by atoms with Crippen molar-refractivity contribution in [3.63, 3.8) is 0 Å². The highest BCUT2D eigenvalue weighted by Crippen LogP contribution is 2.34. The van der Waals surface area contributed by atoms with Crippen molar-refractivity contribution in [3.8, 4) is 0 Å². The third-order valence-electron chi connectivity index (χ3n) is 5.70. The summed E-state index contributed by atoms with van der Waals surface area (Å²) in [7, 11) is 0. The third-order valence-corrected chi connectivity index (χ3v) is 6.57. The highest BCUT2D eigenvalue weighted by molar-refractivity contribution is 6.34. The average Bonchev–Trinajstić information content (AvgIpc) is 2.87. The number of hydrogen-bond acceptors (Lipinski definition) is 2. The van der Waals surface area contributed by atoms with Gasteiger partial charge in [0.1, 0.15) is 0 Å². The Morgan fingerprint density at radius 1 is 0.703 bits per heavy atom. The van der Waals surface area contributed by atoms with Gasteiger partial charge in [0.2, 0.25) is 0 Å². The van der Waals surface area contributed by atoms with Gasteiger partial charge in [0.05, 0.1) is 21.4 Å². The van der Waals surface area contributed by atoms with E-state index in [0.29, 0.717) is 53.2 Å². The summed E-state index contributed by atoms with van der Waals surface area (Å²) in [5.74, 6) is 0. The lowest BCUT2D eigenvalue weighted by atomic mass is 9.98. The molecule has 2 aromatic rings. The van der Waals surface area contributed by atoms with Crippen LogP contribution in [-0.4, -0.2) is 48.0 Å². The molecule has 0 aliphatic heterocycles. The molecule has 0 unspecified atom stereocenters. The van der Waals surface area contributed by atoms with Crippen LogP contribution in [0.25, 0.3) is 5.57 Å². The Bertz CT molecular complexity index is 998. The predicted octanol–water partition coefficient (Wildman–Crippen LogP) is 8.93. The largest absolute Gasteiger partial charge is 0.325 e. The summed E-state index contributed by atoms with van der Waals surface area (Å²) < 4.78 is 0. The summed E-state index contributed by atoms with van der Waals surface area (Å²) in [6.07, 6.45) is 3.46. The van der Waals surface area contributed by atoms with Gasteiger partial charge in [-0.25, -0.2) is 9.59 Å². The normalized spacial score (nSPS) is 10.6. The molecule has 0 aromatic heterocycles. The topological polar surface area (TPSA) is 64.7 Å². The van der Waals surface area contributed by atoms with Gasteiger partial charge in [0, 0.05) is 37.3 Å². The van der Waals surface area contributed by atoms with Gasteiger partial charge in [0.15, 0.2) is 0 Å². The van der Waals surface area contributed by atoms with E-state index in [2.05, 4.69) is 10.6 Å². The van der Waals surface area contributed by atoms with Crippen LogP contribution in [0, 0.1) is 0 Å². The number of nitrogens with zero attached hydrogens (tertiary/aromatic N) is 2. The molecule has 0 saturated heterocycles. The minimum Gasteiger partial charge on any atom is -0.325 e. The molecule has 37 heavy (non-hydrogen) atoms. The van der Waals surface area contributed by atoms with Crippen LogP contribution < -0.4 is 10.6 Å². The number of carbonyl (C=O) groups is 2. The first-order chi connectivity index (χ1) is 17.8. The van der Waals surface area contributed by atoms with E-state index < -0.39 is 0 Å². The molecule has 2 N–H and O–H groups in total. The molecule has 2 rings (SSSR count). The second-order valence-electron chi connectivity index (χ2n) is 8.75. The van der Waals surface area contributed by atoms with E-state index in [1.165, 1.54) is 5.54 Å². The SMILES string of the molecule is CCCN(CCC)C(=O)Nc1cc(C(=CCl)c2ccc(Cl)c(NC(=O)N(CCC)CCC)c2)ccc1Cl. The lowest BCUT2D eigenvalue weighted by Gasteiger charge is -2.23. The van der Waals surface area contributed by atoms with Crippen molar-refractivity contribution < 1.29 is 9.59 Å². The van der Waals surface area contributed by atoms with Crippen LogP contribution in [0.4, 0.5) is 21.0 Å². The number of urea groups is 2. The fraction of sp³-hybridized carbons (Fsp3) is 0.429. The molecule has 4 amide bonds. The monoisotopic (exact) mass is 566 g/mol. The van der Waals surface area contributed by atoms with Gasteiger partial charge >= 0.3 is 12.1 Å². The van der Waals surface area contributed by atoms with Crippen LogP contribution in [0.3, 0.4) is 0 Å². The summed E-state index contributed by atoms with van der Waals surface area (Å²) in [4.78, 5) is 29.3. The number of amides is 4. The molecule has 0 saturated carbocycles. The number of rotatable bonds is 12. The van der Waals surface area contributed by atoms with Crippen LogP contribution in [-0.2, 0) is 0 Å². The van der Waals surface area contributed by atoms with Gasteiger partial charge in [0.25, 0.3) is 0 Å². The van der Waals surface area contributed by atoms with Crippen molar-refractivity contribution in [2.24, 2.45) is 0 Å². The van der Waals surface area contributed by atoms with E-state index in [1.54, 1.807) is 34.1 Å². The highest BCUT2D eigenvalue weighted by Gasteiger charge is 2.17. The van der Waals surface area contributed by atoms with Crippen molar-refractivity contribution in [2.45, 2.75) is 53.4 Å². The van der Waals surface area contributed by atoms with Crippen LogP contribution in [0.2, 0.25) is 10.0 Å². The molecular weight excluding hydrogens is 531 g/mol. The minimum atomic E-state index is -0.195. The second-order valence-corrected chi connectivity index (χ2v) is 9.78. The quantitative estimate of drug-likeness (QED) is 0.269. The summed E-state index contributed by atoms with van der Waals surface area (Å²) in [6, 6.07) is 10.3. The maximum Gasteiger partial charge on any atom is 0.321 e. The maximum atomic E-state index is 12.9. The fourth-order valence-electron chi connectivity index (χ4n) is 3.97. The standard InChI is InChI=1S/C28H37Cl3N4O2/c1-5-13-34(14-6-2)27(36)32-25-17-20(9-11-23(25)30)22(19-29)21-10-12-24(31)26(18-21)33-28(37)35(15-7-3)16-8-4/h9-12,17-19H,5-8,13-16H2,1-4H3,(H,32,36)(H,33,37). The molecule has 2 aromatic carbocycles. The number of halogens is 3. The van der Waals surface area contributed by atoms with Crippen LogP contribution >= 0.6 is 34.8 Å². The molecule has 0 spiro atoms. The Hall–Kier alpha value is -2.41. The Morgan fingerprint density at radius 3 is 1.35 bits per heavy atom. The van der Waals surface area contributed by atoms with E-state index in [9.17, 15) is 9.59 Å². The molecule has 0 aliphatic carbocycles. The van der Waals surface area contributed by atoms with E-state index >= 15 is 0 Å². The molecule has 202 valence electrons. The van der Waals surface area contributed by atoms with Crippen LogP contribution in [0.15, 0.2) is 41.9 Å². The lowest BCUT2D eigenvalue weighted by Crippen LogP contribution is -2.36. The van der Waals surface area contributed by atoms with Gasteiger partial charge in [-0.1, -0.05) is 74.6 Å². The Labute approximate surface area is 235 Å². The van der Waals surface area contributed by atoms with Crippen molar-refractivity contribution in [2.75, 3.05) is 36.8 Å².